The molecule has 0 bridgehead atoms. The van der Waals surface area contributed by atoms with Crippen molar-refractivity contribution in [3.63, 3.8) is 0 Å². The normalized spacial score (nSPS) is 23.2. The fraction of sp³-hybridized carbons (Fsp3) is 0.778. The number of ketones is 4. The van der Waals surface area contributed by atoms with Crippen LogP contribution in [0.1, 0.15) is 212 Å². The summed E-state index contributed by atoms with van der Waals surface area (Å²) in [7, 11) is 0. The minimum absolute atomic E-state index is 0.0623. The van der Waals surface area contributed by atoms with Gasteiger partial charge in [-0.25, -0.2) is 9.59 Å². The maximum Gasteiger partial charge on any atom is 0.315 e. The number of rotatable bonds is 49. The van der Waals surface area contributed by atoms with Crippen molar-refractivity contribution in [1.82, 2.24) is 36.2 Å². The Hall–Kier alpha value is -5.10. The van der Waals surface area contributed by atoms with Gasteiger partial charge in [-0.05, 0) is 147 Å². The molecule has 0 spiro atoms. The molecular formula is C72H114N12O13S2. The molecule has 0 radical (unpaired) electrons. The zero-order chi connectivity index (χ0) is 69.4. The van der Waals surface area contributed by atoms with Crippen molar-refractivity contribution in [2.45, 2.75) is 232 Å². The van der Waals surface area contributed by atoms with Gasteiger partial charge in [0.15, 0.2) is 11.6 Å². The van der Waals surface area contributed by atoms with Crippen LogP contribution in [0.5, 0.6) is 0 Å². The molecule has 1 aliphatic carbocycles. The number of fused-ring (bicyclic) bond motifs is 2. The number of ether oxygens (including phenoxy) is 6. The highest BCUT2D eigenvalue weighted by Crippen LogP contribution is 2.38. The van der Waals surface area contributed by atoms with Crippen LogP contribution in [0.25, 0.3) is 0 Å². The molecule has 7 fully saturated rings. The number of unbranched alkanes of at least 4 members (excludes halogenated alkanes) is 6. The Morgan fingerprint density at radius 3 is 1.23 bits per heavy atom. The van der Waals surface area contributed by atoms with Gasteiger partial charge in [-0.3, -0.25) is 24.0 Å². The van der Waals surface area contributed by atoms with E-state index in [0.717, 1.165) is 146 Å². The molecule has 1 aromatic heterocycles. The van der Waals surface area contributed by atoms with Gasteiger partial charge in [-0.2, -0.15) is 38.5 Å². The van der Waals surface area contributed by atoms with Crippen LogP contribution < -0.4 is 47.9 Å². The van der Waals surface area contributed by atoms with Gasteiger partial charge >= 0.3 is 12.1 Å². The first-order valence-corrected chi connectivity index (χ1v) is 39.6. The second-order valence-corrected chi connectivity index (χ2v) is 30.5. The van der Waals surface area contributed by atoms with Crippen molar-refractivity contribution in [1.29, 1.82) is 0 Å². The van der Waals surface area contributed by atoms with Crippen LogP contribution in [0.4, 0.5) is 27.2 Å². The van der Waals surface area contributed by atoms with Crippen molar-refractivity contribution >= 4 is 82.2 Å². The minimum Gasteiger partial charge on any atom is -0.379 e. The van der Waals surface area contributed by atoms with E-state index in [1.165, 1.54) is 0 Å². The predicted molar refractivity (Wildman–Crippen MR) is 385 cm³/mol. The van der Waals surface area contributed by atoms with Gasteiger partial charge in [0, 0.05) is 154 Å². The van der Waals surface area contributed by atoms with Crippen LogP contribution in [-0.2, 0) is 42.8 Å². The largest absolute Gasteiger partial charge is 0.379 e. The first-order valence-electron chi connectivity index (χ1n) is 37.5. The molecule has 5 amide bonds. The van der Waals surface area contributed by atoms with Crippen LogP contribution in [0, 0.1) is 5.92 Å². The lowest BCUT2D eigenvalue weighted by Crippen LogP contribution is -2.42. The number of piperidine rings is 2. The van der Waals surface area contributed by atoms with Gasteiger partial charge in [-0.15, -0.1) is 0 Å². The first-order chi connectivity index (χ1) is 48.3. The van der Waals surface area contributed by atoms with Crippen molar-refractivity contribution < 1.29 is 62.0 Å². The lowest BCUT2D eigenvalue weighted by atomic mass is 9.81. The number of nitrogens with two attached hydrogens (primary N) is 2. The molecule has 6 aliphatic heterocycles. The molecule has 6 atom stereocenters. The quantitative estimate of drug-likeness (QED) is 0.0186. The van der Waals surface area contributed by atoms with Crippen LogP contribution in [0.3, 0.4) is 0 Å². The van der Waals surface area contributed by atoms with E-state index in [9.17, 15) is 33.6 Å². The van der Waals surface area contributed by atoms with Crippen molar-refractivity contribution in [2.75, 3.05) is 132 Å². The molecule has 7 aliphatic rings. The Balaban J connectivity index is 0.637. The third-order valence-corrected chi connectivity index (χ3v) is 23.2. The number of amides is 5. The van der Waals surface area contributed by atoms with Crippen molar-refractivity contribution in [3.8, 4) is 0 Å². The summed E-state index contributed by atoms with van der Waals surface area (Å²) in [6.45, 7) is 8.76. The topological polar surface area (TPSA) is 332 Å². The molecule has 6 unspecified atom stereocenters. The number of benzene rings is 1. The van der Waals surface area contributed by atoms with Crippen molar-refractivity contribution in [2.24, 2.45) is 17.4 Å². The Morgan fingerprint density at radius 1 is 0.455 bits per heavy atom. The zero-order valence-electron chi connectivity index (χ0n) is 58.5. The van der Waals surface area contributed by atoms with Gasteiger partial charge in [0.05, 0.1) is 77.0 Å². The maximum absolute atomic E-state index is 14.1. The summed E-state index contributed by atoms with van der Waals surface area (Å²) in [6, 6.07) is 6.16. The smallest absolute Gasteiger partial charge is 0.315 e. The minimum atomic E-state index is -0.274. The van der Waals surface area contributed by atoms with Crippen LogP contribution >= 0.6 is 23.5 Å². The number of thioether (sulfide) groups is 2. The SMILES string of the molecule is NC1CCN(c2nc(C3CCC(C(=O)Nc4cc(C(=O)CCCCOCCOCCOCCCCC(=O)CCCCC5SCC6NC(=O)NC65)cc(C(=O)CCCCOCCOCCOCCCCC(=O)CCCCC5SCC6NC(=O)NC65)c4)CC3)nc(N3CCC(N)CC3)n2)CC1. The summed E-state index contributed by atoms with van der Waals surface area (Å²) < 4.78 is 34.5. The summed E-state index contributed by atoms with van der Waals surface area (Å²) in [5.74, 6) is 4.07. The number of nitrogens with one attached hydrogen (secondary N) is 5. The lowest BCUT2D eigenvalue weighted by Gasteiger charge is -2.34. The van der Waals surface area contributed by atoms with E-state index < -0.39 is 0 Å². The Kier molecular flexibility index (Phi) is 34.0. The fourth-order valence-electron chi connectivity index (χ4n) is 14.2. The summed E-state index contributed by atoms with van der Waals surface area (Å²) >= 11 is 3.82. The number of urea groups is 2. The van der Waals surface area contributed by atoms with Crippen LogP contribution in [-0.4, -0.2) is 220 Å². The van der Waals surface area contributed by atoms with Gasteiger partial charge in [-0.1, -0.05) is 12.8 Å². The number of nitrogens with zero attached hydrogens (tertiary/aromatic N) is 5. The summed E-state index contributed by atoms with van der Waals surface area (Å²) in [6.07, 6.45) is 20.7. The fourth-order valence-corrected chi connectivity index (χ4v) is 17.3. The molecule has 552 valence electrons. The molecule has 6 saturated heterocycles. The second-order valence-electron chi connectivity index (χ2n) is 27.9. The molecule has 25 nitrogen and oxygen atoms in total. The zero-order valence-corrected chi connectivity index (χ0v) is 60.2. The third kappa shape index (κ3) is 26.9. The first kappa shape index (κ1) is 78.0. The molecule has 7 heterocycles. The monoisotopic (exact) mass is 1420 g/mol. The number of anilines is 3. The molecule has 1 aromatic carbocycles. The summed E-state index contributed by atoms with van der Waals surface area (Å²) in [4.78, 5) is 110. The Labute approximate surface area is 594 Å². The Bertz CT molecular complexity index is 2680. The molecule has 27 heteroatoms. The van der Waals surface area contributed by atoms with Gasteiger partial charge in [0.1, 0.15) is 17.4 Å². The molecule has 99 heavy (non-hydrogen) atoms. The predicted octanol–water partition coefficient (Wildman–Crippen LogP) is 8.38. The van der Waals surface area contributed by atoms with E-state index in [1.807, 2.05) is 23.5 Å². The maximum atomic E-state index is 14.1. The molecule has 9 N–H and O–H groups in total. The standard InChI is InChI=1S/C72H114N12O13S2/c73-54-25-29-83(30-26-54)69-80-67(81-70(82-69)84-31-27-55(74)28-32-84)50-21-23-51(24-22-50)68(89)75-56-46-52(61(87)17-7-11-35-94-39-43-96-41-37-92-33-9-5-15-57(85)13-1-3-19-63-65-59(48-98-63)76-71(90)78-65)45-53(47-56)62(88)18-8-12-36-95-40-44-97-42-38-93-34-10-6-16-58(86)14-2-4-20-64-66-60(49-99-64)77-72(91)79-66/h45-47,50-51,54-55,59-60,63-66H,1-44,48-49,73-74H2,(H,75,89)(H2,76,78,90)(H2,77,79,91). The van der Waals surface area contributed by atoms with E-state index in [4.69, 9.17) is 54.8 Å². The number of aromatic nitrogens is 3. The number of Topliss-reactive ketones (excluding diaryl/α,β-unsaturated/α-hetero) is 4. The second kappa shape index (κ2) is 43.1. The third-order valence-electron chi connectivity index (χ3n) is 20.2. The highest BCUT2D eigenvalue weighted by Gasteiger charge is 2.44. The average molecular weight is 1420 g/mol. The van der Waals surface area contributed by atoms with E-state index in [0.29, 0.717) is 194 Å². The summed E-state index contributed by atoms with van der Waals surface area (Å²) in [5, 5.41) is 16.0. The van der Waals surface area contributed by atoms with Crippen molar-refractivity contribution in [3.05, 3.63) is 35.2 Å². The molecular weight excluding hydrogens is 1300 g/mol. The van der Waals surface area contributed by atoms with Gasteiger partial charge in [0.2, 0.25) is 17.8 Å². The number of hydrogen-bond acceptors (Lipinski definition) is 22. The van der Waals surface area contributed by atoms with E-state index in [-0.39, 0.29) is 90.5 Å². The van der Waals surface area contributed by atoms with E-state index in [1.54, 1.807) is 18.2 Å². The van der Waals surface area contributed by atoms with E-state index in [2.05, 4.69) is 36.4 Å². The average Bonchev–Trinajstić information content (AvgIpc) is 1.77. The van der Waals surface area contributed by atoms with Gasteiger partial charge in [0.25, 0.3) is 0 Å². The lowest BCUT2D eigenvalue weighted by molar-refractivity contribution is -0.121. The Morgan fingerprint density at radius 2 is 0.828 bits per heavy atom. The van der Waals surface area contributed by atoms with E-state index >= 15 is 0 Å². The highest BCUT2D eigenvalue weighted by atomic mass is 32.2. The number of carbonyl (C=O) groups excluding carboxylic acids is 7. The number of hydrogen-bond donors (Lipinski definition) is 7. The molecule has 1 saturated carbocycles. The van der Waals surface area contributed by atoms with Crippen LogP contribution in [0.15, 0.2) is 18.2 Å². The summed E-state index contributed by atoms with van der Waals surface area (Å²) in [5.41, 5.74) is 13.7. The van der Waals surface area contributed by atoms with Gasteiger partial charge < -0.3 is 76.3 Å². The molecule has 2 aromatic rings. The van der Waals surface area contributed by atoms with Crippen LogP contribution in [0.2, 0.25) is 0 Å². The molecule has 9 rings (SSSR count). The number of carbonyl (C=O) groups is 7. The highest BCUT2D eigenvalue weighted by molar-refractivity contribution is 8.00.